The smallest absolute Gasteiger partial charge is 0.252 e. The molecule has 2 N–H and O–H groups in total. The van der Waals surface area contributed by atoms with E-state index >= 15 is 0 Å². The number of hydrogen-bond acceptors (Lipinski definition) is 3. The van der Waals surface area contributed by atoms with E-state index < -0.39 is 0 Å². The Morgan fingerprint density at radius 3 is 2.43 bits per heavy atom. The van der Waals surface area contributed by atoms with Gasteiger partial charge in [0.05, 0.1) is 17.2 Å². The molecule has 4 aliphatic rings. The molecule has 5 rings (SSSR count). The lowest BCUT2D eigenvalue weighted by atomic mass is 9.49. The summed E-state index contributed by atoms with van der Waals surface area (Å²) in [5.74, 6) is 2.67. The van der Waals surface area contributed by atoms with Crippen LogP contribution in [0.1, 0.15) is 67.8 Å². The number of benzene rings is 1. The van der Waals surface area contributed by atoms with E-state index in [0.29, 0.717) is 16.0 Å². The second kappa shape index (κ2) is 9.58. The third-order valence-electron chi connectivity index (χ3n) is 7.87. The summed E-state index contributed by atoms with van der Waals surface area (Å²) in [6.07, 6.45) is 10.1. The van der Waals surface area contributed by atoms with Gasteiger partial charge >= 0.3 is 0 Å². The van der Waals surface area contributed by atoms with Gasteiger partial charge in [0.1, 0.15) is 0 Å². The normalized spacial score (nSPS) is 29.5. The van der Waals surface area contributed by atoms with Crippen molar-refractivity contribution in [3.63, 3.8) is 0 Å². The molecule has 4 nitrogen and oxygen atoms in total. The topological polar surface area (TPSA) is 52.6 Å². The summed E-state index contributed by atoms with van der Waals surface area (Å²) < 4.78 is 0. The largest absolute Gasteiger partial charge is 0.395 e. The number of aliphatic hydroxyl groups is 1. The van der Waals surface area contributed by atoms with Crippen LogP contribution in [0, 0.1) is 23.2 Å². The van der Waals surface area contributed by atoms with Crippen molar-refractivity contribution in [2.75, 3.05) is 32.8 Å². The van der Waals surface area contributed by atoms with Gasteiger partial charge in [0.25, 0.3) is 5.91 Å². The predicted molar refractivity (Wildman–Crippen MR) is 122 cm³/mol. The summed E-state index contributed by atoms with van der Waals surface area (Å²) in [6, 6.07) is 5.86. The zero-order valence-corrected chi connectivity index (χ0v) is 19.1. The average Bonchev–Trinajstić information content (AvgIpc) is 2.71. The van der Waals surface area contributed by atoms with Crippen LogP contribution in [-0.4, -0.2) is 48.7 Å². The van der Waals surface area contributed by atoms with Crippen molar-refractivity contribution < 1.29 is 9.90 Å². The quantitative estimate of drug-likeness (QED) is 0.571. The van der Waals surface area contributed by atoms with Gasteiger partial charge in [0.15, 0.2) is 0 Å². The van der Waals surface area contributed by atoms with Crippen LogP contribution in [0.2, 0.25) is 5.02 Å². The van der Waals surface area contributed by atoms with Gasteiger partial charge in [0, 0.05) is 13.1 Å². The van der Waals surface area contributed by atoms with Gasteiger partial charge in [-0.2, -0.15) is 0 Å². The fraction of sp³-hybridized carbons (Fsp3) is 0.720. The van der Waals surface area contributed by atoms with Crippen LogP contribution in [-0.2, 0) is 6.42 Å². The Morgan fingerprint density at radius 1 is 1.17 bits per heavy atom. The van der Waals surface area contributed by atoms with Gasteiger partial charge in [-0.25, -0.2) is 0 Å². The first-order valence-corrected chi connectivity index (χ1v) is 12.3. The molecule has 0 radical (unpaired) electrons. The second-order valence-corrected chi connectivity index (χ2v) is 10.6. The van der Waals surface area contributed by atoms with E-state index in [1.807, 2.05) is 18.2 Å². The summed E-state index contributed by atoms with van der Waals surface area (Å²) in [6.45, 7) is 5.73. The highest BCUT2D eigenvalue weighted by atomic mass is 35.5. The second-order valence-electron chi connectivity index (χ2n) is 10.2. The molecule has 166 valence electrons. The van der Waals surface area contributed by atoms with Crippen molar-refractivity contribution >= 4 is 17.5 Å². The van der Waals surface area contributed by atoms with E-state index in [4.69, 9.17) is 16.7 Å². The van der Waals surface area contributed by atoms with Crippen molar-refractivity contribution in [2.45, 2.75) is 58.3 Å². The van der Waals surface area contributed by atoms with Crippen LogP contribution in [0.5, 0.6) is 0 Å². The average molecular weight is 433 g/mol. The summed E-state index contributed by atoms with van der Waals surface area (Å²) in [4.78, 5) is 15.2. The van der Waals surface area contributed by atoms with Crippen molar-refractivity contribution in [1.29, 1.82) is 0 Å². The number of rotatable bonds is 10. The first-order valence-electron chi connectivity index (χ1n) is 11.9. The van der Waals surface area contributed by atoms with E-state index in [0.717, 1.165) is 62.3 Å². The number of carbonyl (C=O) groups is 1. The maximum atomic E-state index is 13.0. The van der Waals surface area contributed by atoms with E-state index in [1.165, 1.54) is 38.5 Å². The maximum Gasteiger partial charge on any atom is 0.252 e. The Balaban J connectivity index is 1.33. The Morgan fingerprint density at radius 2 is 1.83 bits per heavy atom. The van der Waals surface area contributed by atoms with E-state index in [-0.39, 0.29) is 12.5 Å². The highest BCUT2D eigenvalue weighted by molar-refractivity contribution is 6.33. The Hall–Kier alpha value is -1.10. The number of nitrogens with one attached hydrogen (secondary N) is 1. The number of carbonyl (C=O) groups excluding carboxylic acids is 1. The number of likely N-dealkylation sites (N-methyl/N-ethyl adjacent to an activating group) is 1. The highest BCUT2D eigenvalue weighted by Crippen LogP contribution is 2.59. The lowest BCUT2D eigenvalue weighted by molar-refractivity contribution is -0.0503. The molecule has 0 unspecified atom stereocenters. The number of halogens is 1. The number of hydrogen-bond donors (Lipinski definition) is 2. The maximum absolute atomic E-state index is 13.0. The van der Waals surface area contributed by atoms with Gasteiger partial charge in [-0.3, -0.25) is 4.79 Å². The first kappa shape index (κ1) is 22.1. The van der Waals surface area contributed by atoms with Crippen LogP contribution in [0.3, 0.4) is 0 Å². The number of aliphatic hydroxyl groups excluding tert-OH is 1. The van der Waals surface area contributed by atoms with Gasteiger partial charge < -0.3 is 15.3 Å². The Kier molecular flexibility index (Phi) is 7.06. The van der Waals surface area contributed by atoms with E-state index in [1.54, 1.807) is 0 Å². The molecule has 0 aromatic heterocycles. The van der Waals surface area contributed by atoms with Gasteiger partial charge in [0.2, 0.25) is 0 Å². The van der Waals surface area contributed by atoms with Crippen molar-refractivity contribution in [3.8, 4) is 0 Å². The third kappa shape index (κ3) is 5.03. The van der Waals surface area contributed by atoms with Crippen molar-refractivity contribution in [3.05, 3.63) is 34.3 Å². The van der Waals surface area contributed by atoms with Gasteiger partial charge in [-0.05, 0) is 105 Å². The molecule has 0 saturated heterocycles. The first-order chi connectivity index (χ1) is 14.5. The molecule has 0 aliphatic heterocycles. The van der Waals surface area contributed by atoms with Crippen molar-refractivity contribution in [1.82, 2.24) is 10.2 Å². The summed E-state index contributed by atoms with van der Waals surface area (Å²) in [5, 5.41) is 12.9. The molecule has 4 bridgehead atoms. The molecule has 0 heterocycles. The molecule has 4 aliphatic carbocycles. The lowest BCUT2D eigenvalue weighted by Gasteiger charge is -2.56. The zero-order chi connectivity index (χ0) is 21.1. The molecule has 1 aromatic rings. The monoisotopic (exact) mass is 432 g/mol. The van der Waals surface area contributed by atoms with Crippen molar-refractivity contribution in [2.24, 2.45) is 23.2 Å². The lowest BCUT2D eigenvalue weighted by Crippen LogP contribution is -2.51. The molecule has 1 aromatic carbocycles. The predicted octanol–water partition coefficient (Wildman–Crippen LogP) is 4.53. The fourth-order valence-corrected chi connectivity index (χ4v) is 7.05. The molecule has 1 amide bonds. The zero-order valence-electron chi connectivity index (χ0n) is 18.3. The molecule has 5 heteroatoms. The summed E-state index contributed by atoms with van der Waals surface area (Å²) >= 11 is 6.40. The molecule has 4 fully saturated rings. The number of amides is 1. The van der Waals surface area contributed by atoms with Crippen LogP contribution >= 0.6 is 11.6 Å². The van der Waals surface area contributed by atoms with E-state index in [9.17, 15) is 4.79 Å². The van der Waals surface area contributed by atoms with Gasteiger partial charge in [-0.1, -0.05) is 24.6 Å². The van der Waals surface area contributed by atoms with Crippen LogP contribution in [0.15, 0.2) is 18.2 Å². The third-order valence-corrected chi connectivity index (χ3v) is 8.20. The van der Waals surface area contributed by atoms with Crippen LogP contribution in [0.4, 0.5) is 0 Å². The highest BCUT2D eigenvalue weighted by Gasteiger charge is 2.50. The standard InChI is InChI=1S/C25H37ClN2O2/c1-2-28(8-9-29)7-3-4-18-5-6-23(26)22(13-18)24(30)27-17-25-14-19-10-20(15-25)12-21(11-19)16-25/h5-6,13,19-21,29H,2-4,7-12,14-17H2,1H3,(H,27,30). The Labute approximate surface area is 186 Å². The molecule has 0 spiro atoms. The molecule has 4 saturated carbocycles. The minimum atomic E-state index is -0.0203. The number of aryl methyl sites for hydroxylation is 1. The van der Waals surface area contributed by atoms with Gasteiger partial charge in [-0.15, -0.1) is 0 Å². The minimum Gasteiger partial charge on any atom is -0.395 e. The minimum absolute atomic E-state index is 0.0203. The number of nitrogens with zero attached hydrogens (tertiary/aromatic N) is 1. The summed E-state index contributed by atoms with van der Waals surface area (Å²) in [7, 11) is 0. The summed E-state index contributed by atoms with van der Waals surface area (Å²) in [5.41, 5.74) is 2.10. The molecular formula is C25H37ClN2O2. The van der Waals surface area contributed by atoms with Crippen LogP contribution in [0.25, 0.3) is 0 Å². The van der Waals surface area contributed by atoms with E-state index in [2.05, 4.69) is 17.1 Å². The fourth-order valence-electron chi connectivity index (χ4n) is 6.85. The SMILES string of the molecule is CCN(CCO)CCCc1ccc(Cl)c(C(=O)NCC23CC4CC(CC(C4)C2)C3)c1. The molecule has 30 heavy (non-hydrogen) atoms. The molecule has 0 atom stereocenters. The Bertz CT molecular complexity index is 715. The molecular weight excluding hydrogens is 396 g/mol. The van der Waals surface area contributed by atoms with Crippen LogP contribution < -0.4 is 5.32 Å².